The molecule has 0 bridgehead atoms. The van der Waals surface area contributed by atoms with Crippen molar-refractivity contribution in [2.45, 2.75) is 13.1 Å². The number of rotatable bonds is 1. The first-order chi connectivity index (χ1) is 8.36. The number of hydrogen-bond donors (Lipinski definition) is 0. The van der Waals surface area contributed by atoms with E-state index in [1.54, 1.807) is 19.1 Å². The SMILES string of the molecule is Cc1nc(Br)cc(-c2cccc(C(F)(F)F)c2)n1. The number of nitrogens with zero attached hydrogens (tertiary/aromatic N) is 2. The fraction of sp³-hybridized carbons (Fsp3) is 0.167. The molecule has 0 aliphatic heterocycles. The summed E-state index contributed by atoms with van der Waals surface area (Å²) in [6.07, 6.45) is -4.35. The van der Waals surface area contributed by atoms with Crippen molar-refractivity contribution in [2.24, 2.45) is 0 Å². The van der Waals surface area contributed by atoms with Gasteiger partial charge in [-0.3, -0.25) is 0 Å². The van der Waals surface area contributed by atoms with Gasteiger partial charge in [-0.2, -0.15) is 13.2 Å². The molecule has 6 heteroatoms. The molecule has 0 atom stereocenters. The zero-order valence-corrected chi connectivity index (χ0v) is 10.9. The normalized spacial score (nSPS) is 11.6. The van der Waals surface area contributed by atoms with Crippen LogP contribution in [0, 0.1) is 6.92 Å². The highest BCUT2D eigenvalue weighted by Gasteiger charge is 2.30. The van der Waals surface area contributed by atoms with Crippen LogP contribution in [0.15, 0.2) is 34.9 Å². The molecule has 0 saturated carbocycles. The second-order valence-corrected chi connectivity index (χ2v) is 4.51. The number of benzene rings is 1. The van der Waals surface area contributed by atoms with Crippen molar-refractivity contribution in [3.05, 3.63) is 46.3 Å². The highest BCUT2D eigenvalue weighted by Crippen LogP contribution is 2.32. The van der Waals surface area contributed by atoms with Crippen LogP contribution in [0.1, 0.15) is 11.4 Å². The summed E-state index contributed by atoms with van der Waals surface area (Å²) < 4.78 is 38.3. The van der Waals surface area contributed by atoms with E-state index in [9.17, 15) is 13.2 Å². The molecule has 0 spiro atoms. The van der Waals surface area contributed by atoms with E-state index in [0.717, 1.165) is 12.1 Å². The summed E-state index contributed by atoms with van der Waals surface area (Å²) in [4.78, 5) is 8.13. The predicted molar refractivity (Wildman–Crippen MR) is 64.9 cm³/mol. The molecule has 0 radical (unpaired) electrons. The van der Waals surface area contributed by atoms with Crippen molar-refractivity contribution in [1.29, 1.82) is 0 Å². The van der Waals surface area contributed by atoms with Gasteiger partial charge in [-0.1, -0.05) is 12.1 Å². The van der Waals surface area contributed by atoms with Crippen LogP contribution < -0.4 is 0 Å². The molecule has 0 fully saturated rings. The lowest BCUT2D eigenvalue weighted by atomic mass is 10.1. The minimum atomic E-state index is -4.35. The van der Waals surface area contributed by atoms with Crippen molar-refractivity contribution < 1.29 is 13.2 Å². The minimum Gasteiger partial charge on any atom is -0.233 e. The lowest BCUT2D eigenvalue weighted by molar-refractivity contribution is -0.137. The van der Waals surface area contributed by atoms with Gasteiger partial charge in [0.2, 0.25) is 0 Å². The maximum absolute atomic E-state index is 12.6. The van der Waals surface area contributed by atoms with E-state index < -0.39 is 11.7 Å². The molecule has 1 aromatic carbocycles. The third kappa shape index (κ3) is 2.87. The summed E-state index contributed by atoms with van der Waals surface area (Å²) in [7, 11) is 0. The number of halogens is 4. The Morgan fingerprint density at radius 3 is 2.44 bits per heavy atom. The Balaban J connectivity index is 2.51. The molecular weight excluding hydrogens is 309 g/mol. The zero-order chi connectivity index (χ0) is 13.3. The summed E-state index contributed by atoms with van der Waals surface area (Å²) in [5, 5.41) is 0. The lowest BCUT2D eigenvalue weighted by Gasteiger charge is -2.08. The maximum Gasteiger partial charge on any atom is 0.416 e. The predicted octanol–water partition coefficient (Wildman–Crippen LogP) is 4.23. The standard InChI is InChI=1S/C12H8BrF3N2/c1-7-17-10(6-11(13)18-7)8-3-2-4-9(5-8)12(14,15)16/h2-6H,1H3. The van der Waals surface area contributed by atoms with Gasteiger partial charge in [-0.25, -0.2) is 9.97 Å². The zero-order valence-electron chi connectivity index (χ0n) is 9.29. The summed E-state index contributed by atoms with van der Waals surface area (Å²) in [5.41, 5.74) is 0.184. The first-order valence-electron chi connectivity index (χ1n) is 5.05. The fourth-order valence-electron chi connectivity index (χ4n) is 1.53. The average Bonchev–Trinajstić information content (AvgIpc) is 2.27. The Labute approximate surface area is 110 Å². The van der Waals surface area contributed by atoms with Gasteiger partial charge in [0.1, 0.15) is 10.4 Å². The minimum absolute atomic E-state index is 0.413. The Morgan fingerprint density at radius 2 is 1.83 bits per heavy atom. The molecule has 0 aliphatic rings. The Hall–Kier alpha value is -1.43. The van der Waals surface area contributed by atoms with Crippen LogP contribution in [0.4, 0.5) is 13.2 Å². The Bertz CT molecular complexity index is 562. The third-order valence-corrected chi connectivity index (χ3v) is 2.70. The largest absolute Gasteiger partial charge is 0.416 e. The second kappa shape index (κ2) is 4.68. The van der Waals surface area contributed by atoms with Crippen molar-refractivity contribution >= 4 is 15.9 Å². The molecule has 0 saturated heterocycles. The molecule has 1 aromatic heterocycles. The number of alkyl halides is 3. The van der Waals surface area contributed by atoms with Gasteiger partial charge in [-0.15, -0.1) is 0 Å². The number of hydrogen-bond acceptors (Lipinski definition) is 2. The molecular formula is C12H8BrF3N2. The molecule has 2 aromatic rings. The summed E-state index contributed by atoms with van der Waals surface area (Å²) in [6, 6.07) is 6.65. The van der Waals surface area contributed by atoms with Crippen LogP contribution in [-0.2, 0) is 6.18 Å². The van der Waals surface area contributed by atoms with Crippen LogP contribution in [-0.4, -0.2) is 9.97 Å². The topological polar surface area (TPSA) is 25.8 Å². The van der Waals surface area contributed by atoms with Crippen LogP contribution in [0.2, 0.25) is 0 Å². The highest BCUT2D eigenvalue weighted by molar-refractivity contribution is 9.10. The van der Waals surface area contributed by atoms with Crippen molar-refractivity contribution in [3.8, 4) is 11.3 Å². The first kappa shape index (κ1) is 13.0. The average molecular weight is 317 g/mol. The van der Waals surface area contributed by atoms with Crippen LogP contribution in [0.3, 0.4) is 0 Å². The molecule has 94 valence electrons. The number of aromatic nitrogens is 2. The van der Waals surface area contributed by atoms with E-state index in [2.05, 4.69) is 25.9 Å². The monoisotopic (exact) mass is 316 g/mol. The lowest BCUT2D eigenvalue weighted by Crippen LogP contribution is -2.04. The molecule has 0 aliphatic carbocycles. The third-order valence-electron chi connectivity index (χ3n) is 2.29. The molecule has 0 N–H and O–H groups in total. The van der Waals surface area contributed by atoms with Crippen molar-refractivity contribution in [3.63, 3.8) is 0 Å². The molecule has 1 heterocycles. The fourth-order valence-corrected chi connectivity index (χ4v) is 2.01. The van der Waals surface area contributed by atoms with Crippen molar-refractivity contribution in [1.82, 2.24) is 9.97 Å². The van der Waals surface area contributed by atoms with Gasteiger partial charge in [0.05, 0.1) is 11.3 Å². The maximum atomic E-state index is 12.6. The Morgan fingerprint density at radius 1 is 1.11 bits per heavy atom. The van der Waals surface area contributed by atoms with E-state index in [-0.39, 0.29) is 0 Å². The summed E-state index contributed by atoms with van der Waals surface area (Å²) >= 11 is 3.19. The summed E-state index contributed by atoms with van der Waals surface area (Å²) in [6.45, 7) is 1.68. The van der Waals surface area contributed by atoms with Crippen molar-refractivity contribution in [2.75, 3.05) is 0 Å². The van der Waals surface area contributed by atoms with Crippen LogP contribution >= 0.6 is 15.9 Å². The van der Waals surface area contributed by atoms with Crippen LogP contribution in [0.5, 0.6) is 0 Å². The van der Waals surface area contributed by atoms with Gasteiger partial charge in [-0.05, 0) is 41.1 Å². The molecule has 0 amide bonds. The van der Waals surface area contributed by atoms with E-state index in [1.165, 1.54) is 6.07 Å². The molecule has 18 heavy (non-hydrogen) atoms. The molecule has 0 unspecified atom stereocenters. The van der Waals surface area contributed by atoms with E-state index in [4.69, 9.17) is 0 Å². The Kier molecular flexibility index (Phi) is 3.38. The molecule has 2 rings (SSSR count). The first-order valence-corrected chi connectivity index (χ1v) is 5.84. The summed E-state index contributed by atoms with van der Waals surface area (Å²) in [5.74, 6) is 0.497. The molecule has 2 nitrogen and oxygen atoms in total. The van der Waals surface area contributed by atoms with Crippen LogP contribution in [0.25, 0.3) is 11.3 Å². The van der Waals surface area contributed by atoms with Gasteiger partial charge in [0.25, 0.3) is 0 Å². The quantitative estimate of drug-likeness (QED) is 0.736. The van der Waals surface area contributed by atoms with Gasteiger partial charge in [0, 0.05) is 5.56 Å². The van der Waals surface area contributed by atoms with Gasteiger partial charge >= 0.3 is 6.18 Å². The smallest absolute Gasteiger partial charge is 0.233 e. The van der Waals surface area contributed by atoms with Gasteiger partial charge in [0.15, 0.2) is 0 Å². The second-order valence-electron chi connectivity index (χ2n) is 3.70. The highest BCUT2D eigenvalue weighted by atomic mass is 79.9. The van der Waals surface area contributed by atoms with E-state index in [1.807, 2.05) is 0 Å². The van der Waals surface area contributed by atoms with E-state index in [0.29, 0.717) is 21.7 Å². The van der Waals surface area contributed by atoms with Gasteiger partial charge < -0.3 is 0 Å². The van der Waals surface area contributed by atoms with E-state index >= 15 is 0 Å². The number of aryl methyl sites for hydroxylation is 1.